The second kappa shape index (κ2) is 10.2. The highest BCUT2D eigenvalue weighted by atomic mass is 35.5. The molecule has 0 radical (unpaired) electrons. The van der Waals surface area contributed by atoms with Crippen molar-refractivity contribution in [1.29, 1.82) is 0 Å². The van der Waals surface area contributed by atoms with E-state index in [9.17, 15) is 9.18 Å². The first-order chi connectivity index (χ1) is 17.4. The molecule has 36 heavy (non-hydrogen) atoms. The lowest BCUT2D eigenvalue weighted by atomic mass is 10.0. The van der Waals surface area contributed by atoms with Crippen molar-refractivity contribution in [3.05, 3.63) is 76.8 Å². The van der Waals surface area contributed by atoms with Crippen molar-refractivity contribution < 1.29 is 13.9 Å². The van der Waals surface area contributed by atoms with Crippen LogP contribution in [0.1, 0.15) is 11.3 Å². The summed E-state index contributed by atoms with van der Waals surface area (Å²) in [7, 11) is 1.64. The first-order valence-electron chi connectivity index (χ1n) is 11.8. The number of hydrogen-bond donors (Lipinski definition) is 0. The molecule has 0 saturated carbocycles. The third-order valence-electron chi connectivity index (χ3n) is 6.63. The Morgan fingerprint density at radius 1 is 1.08 bits per heavy atom. The summed E-state index contributed by atoms with van der Waals surface area (Å²) < 4.78 is 20.3. The summed E-state index contributed by atoms with van der Waals surface area (Å²) in [5.41, 5.74) is 4.47. The van der Waals surface area contributed by atoms with Crippen molar-refractivity contribution in [2.45, 2.75) is 20.0 Å². The Morgan fingerprint density at radius 2 is 1.83 bits per heavy atom. The van der Waals surface area contributed by atoms with Crippen molar-refractivity contribution in [1.82, 2.24) is 24.6 Å². The zero-order valence-corrected chi connectivity index (χ0v) is 21.0. The minimum Gasteiger partial charge on any atom is -0.497 e. The molecular weight excluding hydrogens is 481 g/mol. The van der Waals surface area contributed by atoms with Gasteiger partial charge in [-0.05, 0) is 53.9 Å². The van der Waals surface area contributed by atoms with Gasteiger partial charge in [0.2, 0.25) is 5.91 Å². The van der Waals surface area contributed by atoms with Gasteiger partial charge < -0.3 is 9.64 Å². The number of aromatic nitrogens is 3. The number of fused-ring (bicyclic) bond motifs is 1. The normalized spacial score (nSPS) is 14.4. The van der Waals surface area contributed by atoms with Crippen LogP contribution >= 0.6 is 11.6 Å². The molecule has 5 rings (SSSR count). The highest BCUT2D eigenvalue weighted by Gasteiger charge is 2.23. The van der Waals surface area contributed by atoms with Crippen LogP contribution < -0.4 is 4.74 Å². The number of carbonyl (C=O) groups excluding carboxylic acids is 1. The first kappa shape index (κ1) is 24.2. The van der Waals surface area contributed by atoms with Crippen LogP contribution in [-0.4, -0.2) is 63.8 Å². The number of hydrogen-bond acceptors (Lipinski definition) is 5. The molecule has 0 N–H and O–H groups in total. The van der Waals surface area contributed by atoms with Crippen LogP contribution in [-0.2, 0) is 17.9 Å². The van der Waals surface area contributed by atoms with E-state index >= 15 is 0 Å². The number of amides is 1. The van der Waals surface area contributed by atoms with E-state index < -0.39 is 0 Å². The molecule has 2 aromatic carbocycles. The third-order valence-corrected chi connectivity index (χ3v) is 6.98. The monoisotopic (exact) mass is 507 g/mol. The maximum absolute atomic E-state index is 13.3. The van der Waals surface area contributed by atoms with Crippen LogP contribution in [0.15, 0.2) is 54.7 Å². The summed E-state index contributed by atoms with van der Waals surface area (Å²) in [6, 6.07) is 14.3. The summed E-state index contributed by atoms with van der Waals surface area (Å²) in [5, 5.41) is 6.03. The SMILES string of the molecule is COc1ccc(-c2ccnc3c2c(C)nn3CC(=O)N2CCN(Cc3ccc(F)cc3Cl)CC2)cc1. The fourth-order valence-corrected chi connectivity index (χ4v) is 4.90. The van der Waals surface area contributed by atoms with E-state index in [1.54, 1.807) is 24.1 Å². The predicted molar refractivity (Wildman–Crippen MR) is 138 cm³/mol. The average molecular weight is 508 g/mol. The van der Waals surface area contributed by atoms with Gasteiger partial charge in [0, 0.05) is 49.3 Å². The Bertz CT molecular complexity index is 1400. The molecule has 1 saturated heterocycles. The van der Waals surface area contributed by atoms with E-state index in [1.165, 1.54) is 12.1 Å². The highest BCUT2D eigenvalue weighted by Crippen LogP contribution is 2.31. The summed E-state index contributed by atoms with van der Waals surface area (Å²) in [6.45, 7) is 5.36. The lowest BCUT2D eigenvalue weighted by Crippen LogP contribution is -2.49. The molecule has 2 aromatic heterocycles. The van der Waals surface area contributed by atoms with Crippen molar-refractivity contribution >= 4 is 28.5 Å². The van der Waals surface area contributed by atoms with Crippen LogP contribution in [0.2, 0.25) is 5.02 Å². The number of pyridine rings is 1. The number of carbonyl (C=O) groups is 1. The van der Waals surface area contributed by atoms with Crippen LogP contribution in [0.5, 0.6) is 5.75 Å². The molecule has 7 nitrogen and oxygen atoms in total. The average Bonchev–Trinajstić information content (AvgIpc) is 3.21. The molecule has 0 aliphatic carbocycles. The fourth-order valence-electron chi connectivity index (χ4n) is 4.68. The van der Waals surface area contributed by atoms with Gasteiger partial charge in [-0.2, -0.15) is 5.10 Å². The van der Waals surface area contributed by atoms with Crippen LogP contribution in [0.25, 0.3) is 22.2 Å². The summed E-state index contributed by atoms with van der Waals surface area (Å²) in [4.78, 5) is 21.8. The van der Waals surface area contributed by atoms with Crippen molar-refractivity contribution in [3.63, 3.8) is 0 Å². The number of benzene rings is 2. The van der Waals surface area contributed by atoms with E-state index in [2.05, 4.69) is 15.0 Å². The Labute approximate surface area is 214 Å². The molecule has 0 unspecified atom stereocenters. The molecule has 1 amide bonds. The number of halogens is 2. The first-order valence-corrected chi connectivity index (χ1v) is 12.2. The van der Waals surface area contributed by atoms with Crippen molar-refractivity contribution in [2.75, 3.05) is 33.3 Å². The minimum atomic E-state index is -0.342. The standard InChI is InChI=1S/C27H27ClFN5O2/c1-18-26-23(19-4-7-22(36-2)8-5-19)9-10-30-27(26)34(31-18)17-25(35)33-13-11-32(12-14-33)16-20-3-6-21(29)15-24(20)28/h3-10,15H,11-14,16-17H2,1-2H3. The van der Waals surface area contributed by atoms with E-state index in [-0.39, 0.29) is 18.3 Å². The van der Waals surface area contributed by atoms with Gasteiger partial charge in [0.05, 0.1) is 12.8 Å². The topological polar surface area (TPSA) is 63.5 Å². The predicted octanol–water partition coefficient (Wildman–Crippen LogP) is 4.55. The zero-order valence-electron chi connectivity index (χ0n) is 20.2. The molecule has 1 aliphatic rings. The Morgan fingerprint density at radius 3 is 2.53 bits per heavy atom. The molecule has 9 heteroatoms. The number of aryl methyl sites for hydroxylation is 1. The maximum atomic E-state index is 13.3. The van der Waals surface area contributed by atoms with Gasteiger partial charge in [-0.3, -0.25) is 9.69 Å². The van der Waals surface area contributed by atoms with Gasteiger partial charge in [0.15, 0.2) is 5.65 Å². The fraction of sp³-hybridized carbons (Fsp3) is 0.296. The number of nitrogens with zero attached hydrogens (tertiary/aromatic N) is 5. The molecule has 186 valence electrons. The Balaban J connectivity index is 1.27. The molecule has 4 aromatic rings. The third kappa shape index (κ3) is 4.92. The van der Waals surface area contributed by atoms with E-state index in [0.717, 1.165) is 46.6 Å². The summed E-state index contributed by atoms with van der Waals surface area (Å²) in [6.07, 6.45) is 1.75. The molecule has 0 bridgehead atoms. The zero-order chi connectivity index (χ0) is 25.2. The van der Waals surface area contributed by atoms with E-state index in [1.807, 2.05) is 42.2 Å². The highest BCUT2D eigenvalue weighted by molar-refractivity contribution is 6.31. The largest absolute Gasteiger partial charge is 0.497 e. The Kier molecular flexibility index (Phi) is 6.89. The van der Waals surface area contributed by atoms with Gasteiger partial charge >= 0.3 is 0 Å². The van der Waals surface area contributed by atoms with Crippen molar-refractivity contribution in [2.24, 2.45) is 0 Å². The number of methoxy groups -OCH3 is 1. The molecule has 1 fully saturated rings. The number of rotatable bonds is 6. The van der Waals surface area contributed by atoms with Gasteiger partial charge in [0.1, 0.15) is 18.1 Å². The van der Waals surface area contributed by atoms with E-state index in [0.29, 0.717) is 30.3 Å². The number of ether oxygens (including phenoxy) is 1. The van der Waals surface area contributed by atoms with Crippen LogP contribution in [0.4, 0.5) is 4.39 Å². The Hall–Kier alpha value is -3.49. The lowest BCUT2D eigenvalue weighted by molar-refractivity contribution is -0.133. The maximum Gasteiger partial charge on any atom is 0.244 e. The van der Waals surface area contributed by atoms with E-state index in [4.69, 9.17) is 16.3 Å². The van der Waals surface area contributed by atoms with Crippen LogP contribution in [0, 0.1) is 12.7 Å². The molecule has 3 heterocycles. The summed E-state index contributed by atoms with van der Waals surface area (Å²) >= 11 is 6.18. The quantitative estimate of drug-likeness (QED) is 0.383. The lowest BCUT2D eigenvalue weighted by Gasteiger charge is -2.35. The molecule has 0 atom stereocenters. The summed E-state index contributed by atoms with van der Waals surface area (Å²) in [5.74, 6) is 0.463. The minimum absolute atomic E-state index is 0.00974. The molecular formula is C27H27ClFN5O2. The molecule has 1 aliphatic heterocycles. The van der Waals surface area contributed by atoms with Gasteiger partial charge in [0.25, 0.3) is 0 Å². The van der Waals surface area contributed by atoms with Gasteiger partial charge in [-0.1, -0.05) is 29.8 Å². The smallest absolute Gasteiger partial charge is 0.244 e. The van der Waals surface area contributed by atoms with Crippen LogP contribution in [0.3, 0.4) is 0 Å². The van der Waals surface area contributed by atoms with Gasteiger partial charge in [-0.25, -0.2) is 14.1 Å². The van der Waals surface area contributed by atoms with Crippen molar-refractivity contribution in [3.8, 4) is 16.9 Å². The second-order valence-corrected chi connectivity index (χ2v) is 9.33. The molecule has 0 spiro atoms. The van der Waals surface area contributed by atoms with Gasteiger partial charge in [-0.15, -0.1) is 0 Å². The second-order valence-electron chi connectivity index (χ2n) is 8.92. The number of piperazine rings is 1.